The maximum atomic E-state index is 13.9. The zero-order valence-corrected chi connectivity index (χ0v) is 25.0. The Bertz CT molecular complexity index is 1550. The number of nitrogens with zero attached hydrogens (tertiary/aromatic N) is 2. The van der Waals surface area contributed by atoms with Crippen molar-refractivity contribution in [3.63, 3.8) is 0 Å². The number of nitrogens with one attached hydrogen (secondary N) is 1. The molecule has 0 bridgehead atoms. The van der Waals surface area contributed by atoms with Crippen molar-refractivity contribution in [2.75, 3.05) is 13.1 Å². The fourth-order valence-corrected chi connectivity index (χ4v) is 6.49. The summed E-state index contributed by atoms with van der Waals surface area (Å²) in [5, 5.41) is 3.58. The van der Waals surface area contributed by atoms with E-state index in [1.54, 1.807) is 30.3 Å². The number of carbonyl (C=O) groups excluding carboxylic acids is 3. The molecule has 3 aromatic carbocycles. The molecule has 1 aliphatic heterocycles. The molecule has 1 heterocycles. The van der Waals surface area contributed by atoms with Crippen molar-refractivity contribution < 1.29 is 22.8 Å². The number of hydrogen-bond donors (Lipinski definition) is 1. The third-order valence-electron chi connectivity index (χ3n) is 6.73. The van der Waals surface area contributed by atoms with Gasteiger partial charge in [-0.2, -0.15) is 0 Å². The summed E-state index contributed by atoms with van der Waals surface area (Å²) in [4.78, 5) is 41.7. The Morgan fingerprint density at radius 2 is 1.61 bits per heavy atom. The van der Waals surface area contributed by atoms with Gasteiger partial charge in [0.25, 0.3) is 15.9 Å². The summed E-state index contributed by atoms with van der Waals surface area (Å²) < 4.78 is 26.8. The number of hydrogen-bond acceptors (Lipinski definition) is 5. The van der Waals surface area contributed by atoms with Crippen LogP contribution in [0.4, 0.5) is 0 Å². The van der Waals surface area contributed by atoms with Crippen LogP contribution in [0.3, 0.4) is 0 Å². The molecule has 3 amide bonds. The van der Waals surface area contributed by atoms with Crippen molar-refractivity contribution in [1.82, 2.24) is 14.5 Å². The number of amides is 3. The molecule has 0 fully saturated rings. The lowest BCUT2D eigenvalue weighted by Crippen LogP contribution is -2.51. The lowest BCUT2D eigenvalue weighted by atomic mass is 10.0. The van der Waals surface area contributed by atoms with Gasteiger partial charge in [-0.15, -0.1) is 0 Å². The van der Waals surface area contributed by atoms with Crippen LogP contribution in [0.2, 0.25) is 10.0 Å². The van der Waals surface area contributed by atoms with Crippen molar-refractivity contribution in [3.05, 3.63) is 99.5 Å². The van der Waals surface area contributed by atoms with Gasteiger partial charge in [-0.3, -0.25) is 14.4 Å². The molecule has 8 nitrogen and oxygen atoms in total. The maximum Gasteiger partial charge on any atom is 0.269 e. The molecule has 41 heavy (non-hydrogen) atoms. The second-order valence-corrected chi connectivity index (χ2v) is 12.9. The molecule has 0 spiro atoms. The zero-order chi connectivity index (χ0) is 29.7. The standard InChI is InChI=1S/C30H31Cl2N3O5S/c1-20(2)18-33-29(37)26(17-21-8-4-3-5-9-21)34(19-22-12-13-24(31)25(32)16-22)28(36)14-15-35-30(38)23-10-6-7-11-27(23)41(35,39)40/h3-13,16,20,26H,14-15,17-19H2,1-2H3,(H,33,37). The molecule has 4 rings (SSSR count). The van der Waals surface area contributed by atoms with Crippen molar-refractivity contribution in [2.24, 2.45) is 5.92 Å². The Hall–Kier alpha value is -3.40. The van der Waals surface area contributed by atoms with Crippen LogP contribution in [0.15, 0.2) is 77.7 Å². The number of rotatable bonds is 11. The molecule has 0 aliphatic carbocycles. The van der Waals surface area contributed by atoms with Gasteiger partial charge in [0.1, 0.15) is 10.9 Å². The second kappa shape index (κ2) is 13.1. The van der Waals surface area contributed by atoms with Gasteiger partial charge in [0.05, 0.1) is 15.6 Å². The van der Waals surface area contributed by atoms with Crippen LogP contribution in [0.25, 0.3) is 0 Å². The van der Waals surface area contributed by atoms with Crippen LogP contribution < -0.4 is 5.32 Å². The lowest BCUT2D eigenvalue weighted by Gasteiger charge is -2.32. The SMILES string of the molecule is CC(C)CNC(=O)C(Cc1ccccc1)N(Cc1ccc(Cl)c(Cl)c1)C(=O)CCN1C(=O)c2ccccc2S1(=O)=O. The number of sulfonamides is 1. The molecule has 0 saturated heterocycles. The first-order valence-corrected chi connectivity index (χ1v) is 15.4. The Morgan fingerprint density at radius 3 is 2.27 bits per heavy atom. The summed E-state index contributed by atoms with van der Waals surface area (Å²) >= 11 is 12.3. The molecular formula is C30H31Cl2N3O5S. The summed E-state index contributed by atoms with van der Waals surface area (Å²) in [6.07, 6.45) is -0.0900. The van der Waals surface area contributed by atoms with Gasteiger partial charge in [0.15, 0.2) is 0 Å². The summed E-state index contributed by atoms with van der Waals surface area (Å²) in [5.74, 6) is -1.33. The predicted molar refractivity (Wildman–Crippen MR) is 158 cm³/mol. The van der Waals surface area contributed by atoms with E-state index in [4.69, 9.17) is 23.2 Å². The minimum Gasteiger partial charge on any atom is -0.354 e. The first kappa shape index (κ1) is 30.6. The smallest absolute Gasteiger partial charge is 0.269 e. The van der Waals surface area contributed by atoms with Gasteiger partial charge in [-0.25, -0.2) is 12.7 Å². The Kier molecular flexibility index (Phi) is 9.73. The van der Waals surface area contributed by atoms with Gasteiger partial charge in [0.2, 0.25) is 11.8 Å². The minimum absolute atomic E-state index is 0.0171. The number of halogens is 2. The van der Waals surface area contributed by atoms with Gasteiger partial charge in [-0.1, -0.05) is 85.6 Å². The lowest BCUT2D eigenvalue weighted by molar-refractivity contribution is -0.141. The summed E-state index contributed by atoms with van der Waals surface area (Å²) in [5.41, 5.74) is 1.55. The second-order valence-electron chi connectivity index (χ2n) is 10.2. The Labute approximate surface area is 250 Å². The molecule has 0 radical (unpaired) electrons. The molecule has 1 unspecified atom stereocenters. The van der Waals surface area contributed by atoms with E-state index in [0.717, 1.165) is 9.87 Å². The van der Waals surface area contributed by atoms with Crippen LogP contribution in [0.5, 0.6) is 0 Å². The monoisotopic (exact) mass is 615 g/mol. The number of carbonyl (C=O) groups is 3. The van der Waals surface area contributed by atoms with Gasteiger partial charge in [-0.05, 0) is 41.3 Å². The van der Waals surface area contributed by atoms with Crippen LogP contribution in [-0.2, 0) is 32.6 Å². The molecular weight excluding hydrogens is 585 g/mol. The molecule has 3 aromatic rings. The van der Waals surface area contributed by atoms with E-state index < -0.39 is 27.9 Å². The average Bonchev–Trinajstić information content (AvgIpc) is 3.14. The van der Waals surface area contributed by atoms with E-state index in [9.17, 15) is 22.8 Å². The van der Waals surface area contributed by atoms with E-state index in [2.05, 4.69) is 5.32 Å². The molecule has 216 valence electrons. The molecule has 1 N–H and O–H groups in total. The normalized spacial score (nSPS) is 14.6. The van der Waals surface area contributed by atoms with Crippen molar-refractivity contribution >= 4 is 50.9 Å². The van der Waals surface area contributed by atoms with Gasteiger partial charge < -0.3 is 10.2 Å². The highest BCUT2D eigenvalue weighted by atomic mass is 35.5. The van der Waals surface area contributed by atoms with E-state index in [0.29, 0.717) is 22.2 Å². The van der Waals surface area contributed by atoms with E-state index in [1.807, 2.05) is 44.2 Å². The number of fused-ring (bicyclic) bond motifs is 1. The molecule has 11 heteroatoms. The summed E-state index contributed by atoms with van der Waals surface area (Å²) in [7, 11) is -4.09. The highest BCUT2D eigenvalue weighted by Crippen LogP contribution is 2.30. The van der Waals surface area contributed by atoms with Crippen LogP contribution in [0, 0.1) is 5.92 Å². The highest BCUT2D eigenvalue weighted by molar-refractivity contribution is 7.90. The zero-order valence-electron chi connectivity index (χ0n) is 22.7. The maximum absolute atomic E-state index is 13.9. The third kappa shape index (κ3) is 7.09. The summed E-state index contributed by atoms with van der Waals surface area (Å²) in [6, 6.07) is 19.3. The predicted octanol–water partition coefficient (Wildman–Crippen LogP) is 4.94. The summed E-state index contributed by atoms with van der Waals surface area (Å²) in [6.45, 7) is 4.01. The van der Waals surface area contributed by atoms with Gasteiger partial charge in [0, 0.05) is 32.5 Å². The largest absolute Gasteiger partial charge is 0.354 e. The van der Waals surface area contributed by atoms with Crippen LogP contribution in [0.1, 0.15) is 41.8 Å². The Balaban J connectivity index is 1.65. The van der Waals surface area contributed by atoms with E-state index in [-0.39, 0.29) is 48.2 Å². The fourth-order valence-electron chi connectivity index (χ4n) is 4.60. The fraction of sp³-hybridized carbons (Fsp3) is 0.300. The third-order valence-corrected chi connectivity index (χ3v) is 9.31. The van der Waals surface area contributed by atoms with Crippen LogP contribution in [-0.4, -0.2) is 54.5 Å². The molecule has 1 atom stereocenters. The quantitative estimate of drug-likeness (QED) is 0.329. The van der Waals surface area contributed by atoms with E-state index >= 15 is 0 Å². The highest BCUT2D eigenvalue weighted by Gasteiger charge is 2.41. The first-order chi connectivity index (χ1) is 19.5. The first-order valence-electron chi connectivity index (χ1n) is 13.2. The molecule has 1 aliphatic rings. The topological polar surface area (TPSA) is 104 Å². The van der Waals surface area contributed by atoms with Gasteiger partial charge >= 0.3 is 0 Å². The van der Waals surface area contributed by atoms with Crippen LogP contribution >= 0.6 is 23.2 Å². The molecule has 0 aromatic heterocycles. The van der Waals surface area contributed by atoms with E-state index in [1.165, 1.54) is 17.0 Å². The van der Waals surface area contributed by atoms with Crippen molar-refractivity contribution in [1.29, 1.82) is 0 Å². The van der Waals surface area contributed by atoms with Crippen molar-refractivity contribution in [2.45, 2.75) is 44.2 Å². The van der Waals surface area contributed by atoms with Crippen molar-refractivity contribution in [3.8, 4) is 0 Å². The average molecular weight is 617 g/mol. The number of benzene rings is 3. The minimum atomic E-state index is -4.09. The molecule has 0 saturated carbocycles. The Morgan fingerprint density at radius 1 is 0.927 bits per heavy atom.